The number of likely N-dealkylation sites (tertiary alicyclic amines) is 1. The maximum Gasteiger partial charge on any atom is 0.318 e. The fourth-order valence-electron chi connectivity index (χ4n) is 3.80. The molecule has 2 amide bonds. The Bertz CT molecular complexity index is 547. The molecule has 0 saturated carbocycles. The number of nitrogens with one attached hydrogen (secondary N) is 1. The highest BCUT2D eigenvalue weighted by molar-refractivity contribution is 5.75. The first-order valence-corrected chi connectivity index (χ1v) is 8.48. The van der Waals surface area contributed by atoms with Gasteiger partial charge in [-0.25, -0.2) is 4.79 Å². The zero-order chi connectivity index (χ0) is 17.0. The predicted molar refractivity (Wildman–Crippen MR) is 90.4 cm³/mol. The van der Waals surface area contributed by atoms with Crippen molar-refractivity contribution in [2.24, 2.45) is 7.05 Å². The lowest BCUT2D eigenvalue weighted by molar-refractivity contribution is 0.0500. The van der Waals surface area contributed by atoms with Crippen LogP contribution in [0.15, 0.2) is 0 Å². The van der Waals surface area contributed by atoms with Gasteiger partial charge in [-0.1, -0.05) is 13.3 Å². The molecule has 1 atom stereocenters. The van der Waals surface area contributed by atoms with E-state index >= 15 is 0 Å². The highest BCUT2D eigenvalue weighted by Gasteiger charge is 2.42. The van der Waals surface area contributed by atoms with Gasteiger partial charge in [-0.15, -0.1) is 0 Å². The maximum absolute atomic E-state index is 12.7. The molecule has 1 saturated heterocycles. The van der Waals surface area contributed by atoms with E-state index in [4.69, 9.17) is 4.74 Å². The van der Waals surface area contributed by atoms with Crippen molar-refractivity contribution in [3.05, 3.63) is 17.0 Å². The number of rotatable bonds is 6. The van der Waals surface area contributed by atoms with Crippen LogP contribution >= 0.6 is 0 Å². The zero-order valence-corrected chi connectivity index (χ0v) is 15.1. The number of carbonyl (C=O) groups is 1. The largest absolute Gasteiger partial charge is 0.382 e. The molecule has 2 heterocycles. The number of ether oxygens (including phenoxy) is 1. The summed E-state index contributed by atoms with van der Waals surface area (Å²) in [6, 6.07) is 0.00986. The molecule has 1 aromatic heterocycles. The Hall–Kier alpha value is -1.56. The first kappa shape index (κ1) is 17.8. The molecular weight excluding hydrogens is 292 g/mol. The second-order valence-electron chi connectivity index (χ2n) is 6.59. The number of aryl methyl sites for hydroxylation is 2. The van der Waals surface area contributed by atoms with Crippen molar-refractivity contribution >= 4 is 6.03 Å². The Morgan fingerprint density at radius 1 is 1.43 bits per heavy atom. The molecule has 1 unspecified atom stereocenters. The number of nitrogens with zero attached hydrogens (tertiary/aromatic N) is 3. The molecule has 1 aliphatic rings. The minimum atomic E-state index is -0.146. The Morgan fingerprint density at radius 2 is 2.17 bits per heavy atom. The third-order valence-corrected chi connectivity index (χ3v) is 5.05. The van der Waals surface area contributed by atoms with Gasteiger partial charge in [0.05, 0.1) is 17.8 Å². The third kappa shape index (κ3) is 3.52. The maximum atomic E-state index is 12.7. The summed E-state index contributed by atoms with van der Waals surface area (Å²) in [5.74, 6) is 0. The van der Waals surface area contributed by atoms with Gasteiger partial charge in [0.15, 0.2) is 0 Å². The summed E-state index contributed by atoms with van der Waals surface area (Å²) in [4.78, 5) is 14.7. The van der Waals surface area contributed by atoms with Crippen LogP contribution in [0.3, 0.4) is 0 Å². The normalized spacial score (nSPS) is 21.0. The van der Waals surface area contributed by atoms with Gasteiger partial charge in [0.2, 0.25) is 0 Å². The van der Waals surface area contributed by atoms with Crippen molar-refractivity contribution in [2.45, 2.75) is 58.5 Å². The van der Waals surface area contributed by atoms with Crippen molar-refractivity contribution < 1.29 is 9.53 Å². The summed E-state index contributed by atoms with van der Waals surface area (Å²) < 4.78 is 7.29. The van der Waals surface area contributed by atoms with E-state index in [9.17, 15) is 4.79 Å². The van der Waals surface area contributed by atoms with Crippen LogP contribution in [0.25, 0.3) is 0 Å². The molecule has 0 bridgehead atoms. The third-order valence-electron chi connectivity index (χ3n) is 5.05. The van der Waals surface area contributed by atoms with Crippen molar-refractivity contribution in [1.29, 1.82) is 0 Å². The van der Waals surface area contributed by atoms with Crippen molar-refractivity contribution in [3.8, 4) is 0 Å². The molecule has 1 aromatic rings. The average molecular weight is 322 g/mol. The van der Waals surface area contributed by atoms with E-state index < -0.39 is 0 Å². The van der Waals surface area contributed by atoms with E-state index in [-0.39, 0.29) is 11.6 Å². The number of urea groups is 1. The van der Waals surface area contributed by atoms with E-state index in [0.29, 0.717) is 13.2 Å². The van der Waals surface area contributed by atoms with Crippen LogP contribution in [0, 0.1) is 13.8 Å². The summed E-state index contributed by atoms with van der Waals surface area (Å²) in [6.07, 6.45) is 4.10. The number of hydrogen-bond donors (Lipinski definition) is 1. The lowest BCUT2D eigenvalue weighted by atomic mass is 9.91. The lowest BCUT2D eigenvalue weighted by Crippen LogP contribution is -2.53. The van der Waals surface area contributed by atoms with Crippen LogP contribution in [-0.4, -0.2) is 46.5 Å². The zero-order valence-electron chi connectivity index (χ0n) is 15.1. The van der Waals surface area contributed by atoms with Crippen molar-refractivity contribution in [2.75, 3.05) is 20.3 Å². The van der Waals surface area contributed by atoms with Crippen LogP contribution in [-0.2, 0) is 18.3 Å². The Kier molecular flexibility index (Phi) is 5.68. The fraction of sp³-hybridized carbons (Fsp3) is 0.765. The van der Waals surface area contributed by atoms with Gasteiger partial charge in [-0.2, -0.15) is 5.10 Å². The first-order valence-electron chi connectivity index (χ1n) is 8.48. The molecule has 0 spiro atoms. The minimum Gasteiger partial charge on any atom is -0.382 e. The fourth-order valence-corrected chi connectivity index (χ4v) is 3.80. The first-order chi connectivity index (χ1) is 10.9. The van der Waals surface area contributed by atoms with E-state index in [2.05, 4.69) is 17.3 Å². The van der Waals surface area contributed by atoms with Crippen LogP contribution in [0.1, 0.15) is 49.6 Å². The van der Waals surface area contributed by atoms with Crippen LogP contribution in [0.4, 0.5) is 4.79 Å². The molecule has 23 heavy (non-hydrogen) atoms. The molecule has 130 valence electrons. The molecule has 2 rings (SSSR count). The molecule has 6 heteroatoms. The lowest BCUT2D eigenvalue weighted by Gasteiger charge is -2.38. The van der Waals surface area contributed by atoms with Gasteiger partial charge >= 0.3 is 6.03 Å². The summed E-state index contributed by atoms with van der Waals surface area (Å²) in [5, 5.41) is 7.49. The molecule has 1 fully saturated rings. The molecule has 0 aliphatic carbocycles. The van der Waals surface area contributed by atoms with Gasteiger partial charge in [0.25, 0.3) is 0 Å². The Morgan fingerprint density at radius 3 is 2.74 bits per heavy atom. The summed E-state index contributed by atoms with van der Waals surface area (Å²) in [5.41, 5.74) is 3.03. The number of methoxy groups -OCH3 is 1. The summed E-state index contributed by atoms with van der Waals surface area (Å²) in [6.45, 7) is 8.11. The van der Waals surface area contributed by atoms with Gasteiger partial charge in [0, 0.05) is 38.5 Å². The smallest absolute Gasteiger partial charge is 0.318 e. The van der Waals surface area contributed by atoms with Gasteiger partial charge < -0.3 is 15.0 Å². The van der Waals surface area contributed by atoms with Crippen molar-refractivity contribution in [3.63, 3.8) is 0 Å². The highest BCUT2D eigenvalue weighted by atomic mass is 16.5. The predicted octanol–water partition coefficient (Wildman–Crippen LogP) is 2.53. The minimum absolute atomic E-state index is 0.00986. The van der Waals surface area contributed by atoms with Crippen molar-refractivity contribution in [1.82, 2.24) is 20.0 Å². The molecule has 1 aliphatic heterocycles. The van der Waals surface area contributed by atoms with Crippen LogP contribution in [0.2, 0.25) is 0 Å². The van der Waals surface area contributed by atoms with E-state index in [1.54, 1.807) is 7.11 Å². The number of carbonyl (C=O) groups excluding carboxylic acids is 1. The Balaban J connectivity index is 2.07. The summed E-state index contributed by atoms with van der Waals surface area (Å²) in [7, 11) is 3.65. The van der Waals surface area contributed by atoms with Crippen LogP contribution in [0.5, 0.6) is 0 Å². The van der Waals surface area contributed by atoms with E-state index in [0.717, 1.165) is 49.2 Å². The standard InChI is InChI=1S/C17H30N4O2/c1-6-8-17(12-23-5)9-7-10-21(17)16(22)18-11-15-13(2)19-20(4)14(15)3/h6-12H2,1-5H3,(H,18,22). The molecule has 0 aromatic carbocycles. The molecular formula is C17H30N4O2. The van der Waals surface area contributed by atoms with Gasteiger partial charge in [-0.05, 0) is 33.1 Å². The monoisotopic (exact) mass is 322 g/mol. The molecule has 6 nitrogen and oxygen atoms in total. The van der Waals surface area contributed by atoms with E-state index in [1.165, 1.54) is 0 Å². The quantitative estimate of drug-likeness (QED) is 0.875. The van der Waals surface area contributed by atoms with Crippen LogP contribution < -0.4 is 5.32 Å². The molecule has 1 N–H and O–H groups in total. The topological polar surface area (TPSA) is 59.4 Å². The van der Waals surface area contributed by atoms with E-state index in [1.807, 2.05) is 30.5 Å². The number of amides is 2. The SMILES string of the molecule is CCCC1(COC)CCCN1C(=O)NCc1c(C)nn(C)c1C. The van der Waals surface area contributed by atoms with Gasteiger partial charge in [-0.3, -0.25) is 4.68 Å². The second kappa shape index (κ2) is 7.34. The second-order valence-corrected chi connectivity index (χ2v) is 6.59. The highest BCUT2D eigenvalue weighted by Crippen LogP contribution is 2.34. The average Bonchev–Trinajstić information content (AvgIpc) is 3.00. The number of aromatic nitrogens is 2. The molecule has 0 radical (unpaired) electrons. The Labute approximate surface area is 139 Å². The summed E-state index contributed by atoms with van der Waals surface area (Å²) >= 11 is 0. The van der Waals surface area contributed by atoms with Gasteiger partial charge in [0.1, 0.15) is 0 Å². The number of hydrogen-bond acceptors (Lipinski definition) is 3.